The van der Waals surface area contributed by atoms with Crippen LogP contribution >= 0.6 is 0 Å². The van der Waals surface area contributed by atoms with E-state index < -0.39 is 47.6 Å². The fourth-order valence-electron chi connectivity index (χ4n) is 3.47. The number of halogens is 4. The third-order valence-electron chi connectivity index (χ3n) is 5.22. The molecule has 0 bridgehead atoms. The van der Waals surface area contributed by atoms with E-state index in [1.165, 1.54) is 29.2 Å². The van der Waals surface area contributed by atoms with Crippen LogP contribution in [-0.2, 0) is 27.0 Å². The minimum absolute atomic E-state index is 0.0635. The standard InChI is InChI=1S/C24H23F4N3O3/c1-23(2,3)34-14-20-22(33)31(19-9-6-16(11-29)10-18(19)25)13-21(32)30(20)12-15-4-7-17(8-5-15)24(26,27)28/h4-10,20H,12-14H2,1-3H3/t20-/m1/s1. The van der Waals surface area contributed by atoms with E-state index in [0.29, 0.717) is 5.56 Å². The lowest BCUT2D eigenvalue weighted by Crippen LogP contribution is -2.61. The zero-order valence-corrected chi connectivity index (χ0v) is 18.8. The lowest BCUT2D eigenvalue weighted by Gasteiger charge is -2.41. The number of rotatable bonds is 5. The summed E-state index contributed by atoms with van der Waals surface area (Å²) in [6, 6.07) is 8.55. The van der Waals surface area contributed by atoms with E-state index in [0.717, 1.165) is 23.1 Å². The van der Waals surface area contributed by atoms with E-state index in [-0.39, 0.29) is 24.4 Å². The summed E-state index contributed by atoms with van der Waals surface area (Å²) in [5, 5.41) is 8.95. The van der Waals surface area contributed by atoms with Crippen LogP contribution in [0.3, 0.4) is 0 Å². The Bertz CT molecular complexity index is 1120. The van der Waals surface area contributed by atoms with Gasteiger partial charge in [0.25, 0.3) is 5.91 Å². The summed E-state index contributed by atoms with van der Waals surface area (Å²) in [5.41, 5.74) is -1.16. The first kappa shape index (κ1) is 25.2. The molecule has 10 heteroatoms. The molecule has 1 heterocycles. The SMILES string of the molecule is CC(C)(C)OC[C@@H]1C(=O)N(c2ccc(C#N)cc2F)CC(=O)N1Cc1ccc(C(F)(F)F)cc1. The fraction of sp³-hybridized carbons (Fsp3) is 0.375. The van der Waals surface area contributed by atoms with Crippen LogP contribution in [0, 0.1) is 17.1 Å². The smallest absolute Gasteiger partial charge is 0.373 e. The average molecular weight is 477 g/mol. The molecule has 1 atom stereocenters. The van der Waals surface area contributed by atoms with Crippen LogP contribution in [0.1, 0.15) is 37.5 Å². The zero-order chi connectivity index (χ0) is 25.3. The van der Waals surface area contributed by atoms with Gasteiger partial charge in [0.2, 0.25) is 5.91 Å². The van der Waals surface area contributed by atoms with Crippen molar-refractivity contribution >= 4 is 17.5 Å². The Balaban J connectivity index is 1.91. The molecule has 0 unspecified atom stereocenters. The molecule has 2 amide bonds. The lowest BCUT2D eigenvalue weighted by atomic mass is 10.1. The molecule has 0 saturated carbocycles. The van der Waals surface area contributed by atoms with Crippen molar-refractivity contribution in [1.82, 2.24) is 4.90 Å². The topological polar surface area (TPSA) is 73.6 Å². The van der Waals surface area contributed by atoms with E-state index >= 15 is 0 Å². The van der Waals surface area contributed by atoms with Crippen molar-refractivity contribution in [2.24, 2.45) is 0 Å². The Hall–Kier alpha value is -3.45. The molecule has 1 saturated heterocycles. The van der Waals surface area contributed by atoms with Gasteiger partial charge in [0, 0.05) is 6.54 Å². The quantitative estimate of drug-likeness (QED) is 0.603. The number of amides is 2. The number of nitriles is 1. The van der Waals surface area contributed by atoms with Crippen LogP contribution in [0.15, 0.2) is 42.5 Å². The van der Waals surface area contributed by atoms with Crippen LogP contribution < -0.4 is 4.90 Å². The molecule has 1 aliphatic heterocycles. The number of carbonyl (C=O) groups is 2. The molecular formula is C24H23F4N3O3. The van der Waals surface area contributed by atoms with Gasteiger partial charge in [-0.3, -0.25) is 14.5 Å². The highest BCUT2D eigenvalue weighted by molar-refractivity contribution is 6.06. The minimum Gasteiger partial charge on any atom is -0.373 e. The second-order valence-electron chi connectivity index (χ2n) is 8.86. The van der Waals surface area contributed by atoms with Crippen LogP contribution in [0.4, 0.5) is 23.2 Å². The van der Waals surface area contributed by atoms with Crippen LogP contribution in [-0.4, -0.2) is 41.5 Å². The number of hydrogen-bond donors (Lipinski definition) is 0. The highest BCUT2D eigenvalue weighted by Gasteiger charge is 2.41. The summed E-state index contributed by atoms with van der Waals surface area (Å²) >= 11 is 0. The van der Waals surface area contributed by atoms with Gasteiger partial charge in [-0.2, -0.15) is 18.4 Å². The Morgan fingerprint density at radius 3 is 2.26 bits per heavy atom. The lowest BCUT2D eigenvalue weighted by molar-refractivity contribution is -0.148. The number of benzene rings is 2. The van der Waals surface area contributed by atoms with Gasteiger partial charge in [0.15, 0.2) is 0 Å². The first-order chi connectivity index (χ1) is 15.8. The van der Waals surface area contributed by atoms with Gasteiger partial charge >= 0.3 is 6.18 Å². The van der Waals surface area contributed by atoms with Crippen LogP contribution in [0.5, 0.6) is 0 Å². The molecule has 6 nitrogen and oxygen atoms in total. The van der Waals surface area contributed by atoms with E-state index in [9.17, 15) is 27.2 Å². The molecule has 0 N–H and O–H groups in total. The highest BCUT2D eigenvalue weighted by atomic mass is 19.4. The van der Waals surface area contributed by atoms with E-state index in [1.54, 1.807) is 26.8 Å². The summed E-state index contributed by atoms with van der Waals surface area (Å²) in [5.74, 6) is -1.95. The summed E-state index contributed by atoms with van der Waals surface area (Å²) < 4.78 is 59.0. The number of alkyl halides is 3. The predicted molar refractivity (Wildman–Crippen MR) is 115 cm³/mol. The maximum Gasteiger partial charge on any atom is 0.416 e. The Morgan fingerprint density at radius 2 is 1.74 bits per heavy atom. The van der Waals surface area contributed by atoms with Gasteiger partial charge in [-0.25, -0.2) is 4.39 Å². The van der Waals surface area contributed by atoms with Gasteiger partial charge < -0.3 is 9.64 Å². The van der Waals surface area contributed by atoms with Gasteiger partial charge in [0.05, 0.1) is 35.1 Å². The number of hydrogen-bond acceptors (Lipinski definition) is 4. The third-order valence-corrected chi connectivity index (χ3v) is 5.22. The molecule has 0 aromatic heterocycles. The van der Waals surface area contributed by atoms with Gasteiger partial charge in [-0.1, -0.05) is 12.1 Å². The monoisotopic (exact) mass is 477 g/mol. The molecule has 180 valence electrons. The van der Waals surface area contributed by atoms with Crippen molar-refractivity contribution in [2.75, 3.05) is 18.1 Å². The molecule has 0 spiro atoms. The number of piperazine rings is 1. The number of carbonyl (C=O) groups excluding carboxylic acids is 2. The second-order valence-corrected chi connectivity index (χ2v) is 8.86. The summed E-state index contributed by atoms with van der Waals surface area (Å²) in [7, 11) is 0. The average Bonchev–Trinajstić information content (AvgIpc) is 2.75. The van der Waals surface area contributed by atoms with Gasteiger partial charge in [-0.05, 0) is 56.7 Å². The Morgan fingerprint density at radius 1 is 1.09 bits per heavy atom. The molecule has 34 heavy (non-hydrogen) atoms. The number of ether oxygens (including phenoxy) is 1. The molecule has 1 fully saturated rings. The third kappa shape index (κ3) is 5.72. The van der Waals surface area contributed by atoms with Crippen molar-refractivity contribution in [2.45, 2.75) is 45.1 Å². The van der Waals surface area contributed by atoms with Crippen LogP contribution in [0.2, 0.25) is 0 Å². The Labute approximate surface area is 194 Å². The van der Waals surface area contributed by atoms with Crippen molar-refractivity contribution in [3.05, 3.63) is 65.0 Å². The predicted octanol–water partition coefficient (Wildman–Crippen LogP) is 4.28. The van der Waals surface area contributed by atoms with Gasteiger partial charge in [-0.15, -0.1) is 0 Å². The maximum atomic E-state index is 14.6. The van der Waals surface area contributed by atoms with Crippen LogP contribution in [0.25, 0.3) is 0 Å². The summed E-state index contributed by atoms with van der Waals surface area (Å²) in [6.45, 7) is 4.52. The Kier molecular flexibility index (Phi) is 6.98. The van der Waals surface area contributed by atoms with Crippen molar-refractivity contribution in [1.29, 1.82) is 5.26 Å². The van der Waals surface area contributed by atoms with Crippen molar-refractivity contribution < 1.29 is 31.9 Å². The largest absolute Gasteiger partial charge is 0.416 e. The van der Waals surface area contributed by atoms with Gasteiger partial charge in [0.1, 0.15) is 18.4 Å². The second kappa shape index (κ2) is 9.43. The van der Waals surface area contributed by atoms with E-state index in [1.807, 2.05) is 0 Å². The normalized spacial score (nSPS) is 17.2. The molecule has 1 aliphatic rings. The maximum absolute atomic E-state index is 14.6. The molecule has 3 rings (SSSR count). The summed E-state index contributed by atoms with van der Waals surface area (Å²) in [6.07, 6.45) is -4.50. The molecule has 2 aromatic carbocycles. The first-order valence-electron chi connectivity index (χ1n) is 10.4. The van der Waals surface area contributed by atoms with E-state index in [2.05, 4.69) is 0 Å². The molecular weight excluding hydrogens is 454 g/mol. The highest BCUT2D eigenvalue weighted by Crippen LogP contribution is 2.30. The zero-order valence-electron chi connectivity index (χ0n) is 18.8. The van der Waals surface area contributed by atoms with Crippen molar-refractivity contribution in [3.8, 4) is 6.07 Å². The molecule has 2 aromatic rings. The summed E-state index contributed by atoms with van der Waals surface area (Å²) in [4.78, 5) is 28.6. The minimum atomic E-state index is -4.50. The first-order valence-corrected chi connectivity index (χ1v) is 10.4. The number of anilines is 1. The number of nitrogens with zero attached hydrogens (tertiary/aromatic N) is 3. The molecule has 0 radical (unpaired) electrons. The van der Waals surface area contributed by atoms with Crippen molar-refractivity contribution in [3.63, 3.8) is 0 Å². The van der Waals surface area contributed by atoms with E-state index in [4.69, 9.17) is 10.00 Å². The fourth-order valence-corrected chi connectivity index (χ4v) is 3.47. The molecule has 0 aliphatic carbocycles.